The molecule has 2 aliphatic rings. The molecular weight excluding hydrogens is 344 g/mol. The first-order chi connectivity index (χ1) is 12.1. The average Bonchev–Trinajstić information content (AvgIpc) is 3.24. The fourth-order valence-electron chi connectivity index (χ4n) is 3.88. The Morgan fingerprint density at radius 3 is 2.84 bits per heavy atom. The number of hydrogen-bond donors (Lipinski definition) is 1. The first-order valence-electron chi connectivity index (χ1n) is 8.38. The van der Waals surface area contributed by atoms with E-state index in [2.05, 4.69) is 4.98 Å². The van der Waals surface area contributed by atoms with Gasteiger partial charge >= 0.3 is 0 Å². The van der Waals surface area contributed by atoms with Crippen LogP contribution in [0.1, 0.15) is 23.4 Å². The van der Waals surface area contributed by atoms with E-state index in [1.807, 2.05) is 12.1 Å². The quantitative estimate of drug-likeness (QED) is 0.908. The van der Waals surface area contributed by atoms with Gasteiger partial charge in [-0.1, -0.05) is 17.7 Å². The number of nitrogens with zero attached hydrogens (tertiary/aromatic N) is 2. The summed E-state index contributed by atoms with van der Waals surface area (Å²) in [5.41, 5.74) is 0. The minimum atomic E-state index is -0.555. The molecule has 132 valence electrons. The second kappa shape index (κ2) is 6.69. The maximum absolute atomic E-state index is 12.4. The summed E-state index contributed by atoms with van der Waals surface area (Å²) < 4.78 is 11.1. The number of fused-ring (bicyclic) bond motifs is 1. The lowest BCUT2D eigenvalue weighted by Crippen LogP contribution is -2.42. The van der Waals surface area contributed by atoms with E-state index in [0.717, 1.165) is 0 Å². The molecule has 0 spiro atoms. The first-order valence-corrected chi connectivity index (χ1v) is 8.76. The number of ether oxygens (including phenoxy) is 1. The van der Waals surface area contributed by atoms with Crippen molar-refractivity contribution >= 4 is 17.5 Å². The van der Waals surface area contributed by atoms with Gasteiger partial charge in [-0.25, -0.2) is 4.98 Å². The van der Waals surface area contributed by atoms with Gasteiger partial charge in [0.15, 0.2) is 6.39 Å². The molecule has 1 aliphatic heterocycles. The van der Waals surface area contributed by atoms with Crippen molar-refractivity contribution in [3.63, 3.8) is 0 Å². The molecular formula is C18H19ClN2O4. The Bertz CT molecular complexity index is 751. The molecule has 7 heteroatoms. The van der Waals surface area contributed by atoms with Crippen LogP contribution < -0.4 is 4.74 Å². The molecule has 1 saturated carbocycles. The maximum atomic E-state index is 12.4. The molecule has 4 atom stereocenters. The third-order valence-corrected chi connectivity index (χ3v) is 5.33. The highest BCUT2D eigenvalue weighted by Crippen LogP contribution is 2.38. The van der Waals surface area contributed by atoms with Crippen molar-refractivity contribution in [2.24, 2.45) is 11.8 Å². The van der Waals surface area contributed by atoms with Crippen LogP contribution in [0.4, 0.5) is 0 Å². The predicted octanol–water partition coefficient (Wildman–Crippen LogP) is 2.62. The summed E-state index contributed by atoms with van der Waals surface area (Å²) in [6.45, 7) is 1.28. The molecule has 2 aromatic rings. The second-order valence-electron chi connectivity index (χ2n) is 6.75. The second-order valence-corrected chi connectivity index (χ2v) is 7.18. The van der Waals surface area contributed by atoms with E-state index < -0.39 is 6.10 Å². The predicted molar refractivity (Wildman–Crippen MR) is 90.5 cm³/mol. The maximum Gasteiger partial charge on any atom is 0.291 e. The number of carbonyl (C=O) groups is 1. The van der Waals surface area contributed by atoms with E-state index in [0.29, 0.717) is 42.6 Å². The lowest BCUT2D eigenvalue weighted by molar-refractivity contribution is -0.0231. The van der Waals surface area contributed by atoms with Crippen LogP contribution >= 0.6 is 11.6 Å². The topological polar surface area (TPSA) is 75.8 Å². The number of carbonyl (C=O) groups excluding carboxylic acids is 1. The molecule has 0 bridgehead atoms. The van der Waals surface area contributed by atoms with E-state index in [9.17, 15) is 9.90 Å². The Morgan fingerprint density at radius 2 is 2.12 bits per heavy atom. The van der Waals surface area contributed by atoms with Crippen LogP contribution in [0.15, 0.2) is 41.3 Å². The molecule has 1 N–H and O–H groups in total. The molecule has 0 radical (unpaired) electrons. The van der Waals surface area contributed by atoms with Crippen molar-refractivity contribution in [3.05, 3.63) is 47.6 Å². The van der Waals surface area contributed by atoms with Gasteiger partial charge in [0.05, 0.1) is 12.3 Å². The third-order valence-electron chi connectivity index (χ3n) is 5.10. The molecule has 6 nitrogen and oxygen atoms in total. The van der Waals surface area contributed by atoms with Crippen LogP contribution in [-0.4, -0.2) is 46.2 Å². The van der Waals surface area contributed by atoms with Gasteiger partial charge in [-0.2, -0.15) is 0 Å². The Hall–Kier alpha value is -2.05. The van der Waals surface area contributed by atoms with Gasteiger partial charge in [-0.15, -0.1) is 0 Å². The molecule has 1 amide bonds. The molecule has 4 rings (SSSR count). The number of amides is 1. The number of aromatic nitrogens is 1. The number of hydrogen-bond acceptors (Lipinski definition) is 5. The molecule has 1 aromatic carbocycles. The SMILES string of the molecule is O=C(c1cnco1)N1C[C@H]2C[C@@H](Oc3cccc(Cl)c3)[C@H](O)C[C@H]2C1. The summed E-state index contributed by atoms with van der Waals surface area (Å²) in [7, 11) is 0. The molecule has 2 heterocycles. The average molecular weight is 363 g/mol. The summed E-state index contributed by atoms with van der Waals surface area (Å²) >= 11 is 5.99. The number of aliphatic hydroxyl groups excluding tert-OH is 1. The van der Waals surface area contributed by atoms with Gasteiger partial charge in [-0.05, 0) is 42.9 Å². The number of oxazole rings is 1. The van der Waals surface area contributed by atoms with E-state index in [1.54, 1.807) is 17.0 Å². The van der Waals surface area contributed by atoms with Gasteiger partial charge in [0, 0.05) is 18.1 Å². The molecule has 1 aromatic heterocycles. The van der Waals surface area contributed by atoms with Crippen molar-refractivity contribution < 1.29 is 19.1 Å². The number of likely N-dealkylation sites (tertiary alicyclic amines) is 1. The standard InChI is InChI=1S/C18H19ClN2O4/c19-13-2-1-3-14(6-13)25-16-5-12-9-21(8-11(12)4-15(16)22)18(23)17-7-20-10-24-17/h1-3,6-7,10-12,15-16,22H,4-5,8-9H2/t11-,12+,15+,16+/m0/s1. The number of rotatable bonds is 3. The number of aliphatic hydroxyl groups is 1. The highest BCUT2D eigenvalue weighted by Gasteiger charge is 2.44. The Labute approximate surface area is 150 Å². The Kier molecular flexibility index (Phi) is 4.39. The van der Waals surface area contributed by atoms with Crippen LogP contribution in [0, 0.1) is 11.8 Å². The molecule has 1 aliphatic carbocycles. The number of halogens is 1. The van der Waals surface area contributed by atoms with Crippen molar-refractivity contribution in [1.29, 1.82) is 0 Å². The lowest BCUT2D eigenvalue weighted by Gasteiger charge is -2.35. The minimum Gasteiger partial charge on any atom is -0.488 e. The van der Waals surface area contributed by atoms with Gasteiger partial charge < -0.3 is 19.2 Å². The largest absolute Gasteiger partial charge is 0.488 e. The fourth-order valence-corrected chi connectivity index (χ4v) is 4.06. The number of benzene rings is 1. The zero-order chi connectivity index (χ0) is 17.4. The molecule has 0 unspecified atom stereocenters. The fraction of sp³-hybridized carbons (Fsp3) is 0.444. The third kappa shape index (κ3) is 3.37. The first kappa shape index (κ1) is 16.4. The highest BCUT2D eigenvalue weighted by atomic mass is 35.5. The van der Waals surface area contributed by atoms with Crippen molar-refractivity contribution in [3.8, 4) is 5.75 Å². The van der Waals surface area contributed by atoms with Crippen molar-refractivity contribution in [1.82, 2.24) is 9.88 Å². The summed E-state index contributed by atoms with van der Waals surface area (Å²) in [6.07, 6.45) is 3.17. The lowest BCUT2D eigenvalue weighted by atomic mass is 9.78. The summed E-state index contributed by atoms with van der Waals surface area (Å²) in [4.78, 5) is 18.0. The summed E-state index contributed by atoms with van der Waals surface area (Å²) in [5.74, 6) is 1.35. The van der Waals surface area contributed by atoms with Crippen molar-refractivity contribution in [2.45, 2.75) is 25.0 Å². The van der Waals surface area contributed by atoms with Gasteiger partial charge in [0.2, 0.25) is 5.76 Å². The zero-order valence-electron chi connectivity index (χ0n) is 13.5. The van der Waals surface area contributed by atoms with Gasteiger partial charge in [0.25, 0.3) is 5.91 Å². The van der Waals surface area contributed by atoms with Crippen LogP contribution in [0.3, 0.4) is 0 Å². The van der Waals surface area contributed by atoms with Gasteiger partial charge in [-0.3, -0.25) is 4.79 Å². The van der Waals surface area contributed by atoms with E-state index in [1.165, 1.54) is 12.6 Å². The Morgan fingerprint density at radius 1 is 1.32 bits per heavy atom. The van der Waals surface area contributed by atoms with Crippen LogP contribution in [0.5, 0.6) is 5.75 Å². The van der Waals surface area contributed by atoms with Crippen LogP contribution in [0.25, 0.3) is 0 Å². The molecule has 1 saturated heterocycles. The zero-order valence-corrected chi connectivity index (χ0v) is 14.3. The van der Waals surface area contributed by atoms with Crippen molar-refractivity contribution in [2.75, 3.05) is 13.1 Å². The molecule has 2 fully saturated rings. The molecule has 25 heavy (non-hydrogen) atoms. The smallest absolute Gasteiger partial charge is 0.291 e. The monoisotopic (exact) mass is 362 g/mol. The van der Waals surface area contributed by atoms with E-state index in [-0.39, 0.29) is 23.7 Å². The van der Waals surface area contributed by atoms with E-state index >= 15 is 0 Å². The van der Waals surface area contributed by atoms with Gasteiger partial charge in [0.1, 0.15) is 11.9 Å². The minimum absolute atomic E-state index is 0.145. The highest BCUT2D eigenvalue weighted by molar-refractivity contribution is 6.30. The van der Waals surface area contributed by atoms with Crippen LogP contribution in [-0.2, 0) is 0 Å². The van der Waals surface area contributed by atoms with Crippen LogP contribution in [0.2, 0.25) is 5.02 Å². The van der Waals surface area contributed by atoms with E-state index in [4.69, 9.17) is 20.8 Å². The normalized spacial score (nSPS) is 28.6. The summed E-state index contributed by atoms with van der Waals surface area (Å²) in [5, 5.41) is 11.1. The summed E-state index contributed by atoms with van der Waals surface area (Å²) in [6, 6.07) is 7.18. The Balaban J connectivity index is 1.42.